The molecule has 3 unspecified atom stereocenters. The van der Waals surface area contributed by atoms with Crippen LogP contribution in [0.5, 0.6) is 0 Å². The van der Waals surface area contributed by atoms with E-state index in [0.29, 0.717) is 29.2 Å². The van der Waals surface area contributed by atoms with Gasteiger partial charge in [0.25, 0.3) is 0 Å². The average molecular weight is 455 g/mol. The molecule has 0 amide bonds. The van der Waals surface area contributed by atoms with Gasteiger partial charge in [0.15, 0.2) is 0 Å². The molecule has 0 aromatic carbocycles. The number of alkyl halides is 5. The molecule has 1 saturated heterocycles. The molecule has 1 aliphatic carbocycles. The molecule has 4 rings (SSSR count). The van der Waals surface area contributed by atoms with E-state index < -0.39 is 26.5 Å². The maximum absolute atomic E-state index is 12.9. The van der Waals surface area contributed by atoms with Crippen LogP contribution in [0.1, 0.15) is 19.8 Å². The minimum atomic E-state index is -4.19. The molecule has 0 radical (unpaired) electrons. The Bertz CT molecular complexity index is 704. The van der Waals surface area contributed by atoms with Crippen molar-refractivity contribution in [1.29, 1.82) is 0 Å². The third-order valence-electron chi connectivity index (χ3n) is 5.54. The van der Waals surface area contributed by atoms with E-state index in [0.717, 1.165) is 18.7 Å². The summed E-state index contributed by atoms with van der Waals surface area (Å²) in [5.74, 6) is 1.03. The molecular formula is C17H21F5N4Se. The molecule has 2 N–H and O–H groups in total. The summed E-state index contributed by atoms with van der Waals surface area (Å²) >= 11 is -1.59. The average Bonchev–Trinajstić information content (AvgIpc) is 3.17. The van der Waals surface area contributed by atoms with Crippen LogP contribution in [0.2, 0.25) is 0 Å². The second-order valence-electron chi connectivity index (χ2n) is 7.48. The summed E-state index contributed by atoms with van der Waals surface area (Å²) in [4.78, 5) is 1.79. The van der Waals surface area contributed by atoms with Gasteiger partial charge in [-0.3, -0.25) is 0 Å². The molecule has 3 atom stereocenters. The zero-order valence-electron chi connectivity index (χ0n) is 14.7. The van der Waals surface area contributed by atoms with Crippen LogP contribution in [0.25, 0.3) is 0 Å². The fraction of sp³-hybridized carbons (Fsp3) is 0.647. The topological polar surface area (TPSA) is 30.5 Å². The van der Waals surface area contributed by atoms with Gasteiger partial charge in [0.1, 0.15) is 0 Å². The van der Waals surface area contributed by atoms with Crippen molar-refractivity contribution < 1.29 is 22.0 Å². The van der Waals surface area contributed by atoms with Gasteiger partial charge in [-0.2, -0.15) is 0 Å². The van der Waals surface area contributed by atoms with Gasteiger partial charge >= 0.3 is 160 Å². The normalized spacial score (nSPS) is 33.3. The molecule has 10 heteroatoms. The summed E-state index contributed by atoms with van der Waals surface area (Å²) in [7, 11) is 0. The minimum absolute atomic E-state index is 0.135. The van der Waals surface area contributed by atoms with Crippen LogP contribution in [-0.4, -0.2) is 67.6 Å². The molecule has 3 aliphatic heterocycles. The third kappa shape index (κ3) is 3.90. The molecular weight excluding hydrogens is 434 g/mol. The number of hydrazine groups is 1. The van der Waals surface area contributed by atoms with Gasteiger partial charge < -0.3 is 0 Å². The second-order valence-corrected chi connectivity index (χ2v) is 9.80. The second kappa shape index (κ2) is 6.76. The van der Waals surface area contributed by atoms with Crippen LogP contribution in [0, 0.1) is 5.92 Å². The predicted molar refractivity (Wildman–Crippen MR) is 91.5 cm³/mol. The van der Waals surface area contributed by atoms with Gasteiger partial charge in [0, 0.05) is 0 Å². The fourth-order valence-electron chi connectivity index (χ4n) is 4.20. The maximum atomic E-state index is 12.9. The van der Waals surface area contributed by atoms with E-state index in [1.807, 2.05) is 6.08 Å². The predicted octanol–water partition coefficient (Wildman–Crippen LogP) is 2.36. The van der Waals surface area contributed by atoms with Crippen LogP contribution >= 0.6 is 0 Å². The van der Waals surface area contributed by atoms with E-state index in [2.05, 4.69) is 10.7 Å². The number of nitrogens with one attached hydrogen (secondary N) is 2. The number of nitrogens with zero attached hydrogens (tertiary/aromatic N) is 2. The van der Waals surface area contributed by atoms with Crippen LogP contribution in [0.15, 0.2) is 34.2 Å². The number of rotatable bonds is 5. The van der Waals surface area contributed by atoms with Gasteiger partial charge in [0.2, 0.25) is 0 Å². The van der Waals surface area contributed by atoms with Crippen molar-refractivity contribution in [2.75, 3.05) is 19.6 Å². The van der Waals surface area contributed by atoms with Crippen LogP contribution < -0.4 is 10.7 Å². The first-order valence-electron chi connectivity index (χ1n) is 8.90. The summed E-state index contributed by atoms with van der Waals surface area (Å²) in [6.45, 7) is 2.78. The third-order valence-corrected chi connectivity index (χ3v) is 7.67. The van der Waals surface area contributed by atoms with Crippen molar-refractivity contribution >= 4 is 15.0 Å². The molecule has 0 bridgehead atoms. The van der Waals surface area contributed by atoms with Crippen molar-refractivity contribution in [3.63, 3.8) is 0 Å². The molecule has 150 valence electrons. The molecule has 2 fully saturated rings. The van der Waals surface area contributed by atoms with Gasteiger partial charge in [0.05, 0.1) is 0 Å². The summed E-state index contributed by atoms with van der Waals surface area (Å²) < 4.78 is 64.4. The van der Waals surface area contributed by atoms with E-state index in [9.17, 15) is 22.0 Å². The Hall–Kier alpha value is -1.09. The number of allylic oxidation sites excluding steroid dienone is 3. The Morgan fingerprint density at radius 1 is 1.41 bits per heavy atom. The van der Waals surface area contributed by atoms with Crippen LogP contribution in [0.3, 0.4) is 0 Å². The standard InChI is InChI=1S/C17H21F5N4Se/c1-10-15(27-17(20,21)22)12-3-2-4-14(26(12)24-10)23-16-5-6-25(9-13(18)19)8-11(16)7-16/h2-4,10-11,13,23-24H,5-9H2,1H3. The number of halogens is 5. The Kier molecular flexibility index (Phi) is 4.81. The molecule has 4 nitrogen and oxygen atoms in total. The molecule has 4 aliphatic rings. The number of hydrogen-bond donors (Lipinski definition) is 2. The SMILES string of the molecule is CC1NN2C(NC34CCN(CC(F)F)CC3C4)=CC=CC2=C1[Se]C(F)(F)F. The number of hydrogen-bond acceptors (Lipinski definition) is 4. The van der Waals surface area contributed by atoms with E-state index in [4.69, 9.17) is 0 Å². The first-order chi connectivity index (χ1) is 12.7. The van der Waals surface area contributed by atoms with Gasteiger partial charge in [-0.25, -0.2) is 0 Å². The quantitative estimate of drug-likeness (QED) is 0.493. The van der Waals surface area contributed by atoms with Crippen molar-refractivity contribution in [3.05, 3.63) is 34.2 Å². The zero-order valence-corrected chi connectivity index (χ0v) is 16.4. The van der Waals surface area contributed by atoms with Crippen molar-refractivity contribution in [1.82, 2.24) is 20.7 Å². The summed E-state index contributed by atoms with van der Waals surface area (Å²) in [6, 6.07) is -0.380. The molecule has 1 saturated carbocycles. The Balaban J connectivity index is 1.45. The first-order valence-corrected chi connectivity index (χ1v) is 10.6. The Labute approximate surface area is 160 Å². The van der Waals surface area contributed by atoms with Crippen LogP contribution in [0.4, 0.5) is 22.0 Å². The number of fused-ring (bicyclic) bond motifs is 2. The molecule has 3 heterocycles. The van der Waals surface area contributed by atoms with E-state index >= 15 is 0 Å². The summed E-state index contributed by atoms with van der Waals surface area (Å²) in [6.07, 6.45) is 4.65. The van der Waals surface area contributed by atoms with Crippen molar-refractivity contribution in [2.45, 2.75) is 42.8 Å². The van der Waals surface area contributed by atoms with E-state index in [-0.39, 0.29) is 18.1 Å². The summed E-state index contributed by atoms with van der Waals surface area (Å²) in [5, 5.41) is 1.03. The number of piperidine rings is 1. The molecule has 27 heavy (non-hydrogen) atoms. The Morgan fingerprint density at radius 2 is 2.19 bits per heavy atom. The molecule has 0 aromatic rings. The van der Waals surface area contributed by atoms with E-state index in [1.54, 1.807) is 29.0 Å². The van der Waals surface area contributed by atoms with Gasteiger partial charge in [-0.05, 0) is 0 Å². The molecule has 0 spiro atoms. The molecule has 0 aromatic heterocycles. The first kappa shape index (κ1) is 19.2. The Morgan fingerprint density at radius 3 is 2.85 bits per heavy atom. The van der Waals surface area contributed by atoms with Crippen molar-refractivity contribution in [3.8, 4) is 0 Å². The fourth-order valence-corrected chi connectivity index (χ4v) is 5.75. The zero-order chi connectivity index (χ0) is 19.4. The monoisotopic (exact) mass is 456 g/mol. The van der Waals surface area contributed by atoms with Crippen LogP contribution in [-0.2, 0) is 0 Å². The van der Waals surface area contributed by atoms with Gasteiger partial charge in [-0.15, -0.1) is 0 Å². The number of likely N-dealkylation sites (tertiary alicyclic amines) is 1. The van der Waals surface area contributed by atoms with Crippen molar-refractivity contribution in [2.24, 2.45) is 5.92 Å². The summed E-state index contributed by atoms with van der Waals surface area (Å²) in [5.41, 5.74) is 3.55. The van der Waals surface area contributed by atoms with E-state index in [1.165, 1.54) is 0 Å². The van der Waals surface area contributed by atoms with Gasteiger partial charge in [-0.1, -0.05) is 0 Å².